The lowest BCUT2D eigenvalue weighted by atomic mass is 10.2. The lowest BCUT2D eigenvalue weighted by Crippen LogP contribution is -2.39. The molecule has 3 aliphatic rings. The van der Waals surface area contributed by atoms with Crippen LogP contribution in [0.25, 0.3) is 23.0 Å². The Hall–Kier alpha value is -9.89. The second-order valence-electron chi connectivity index (χ2n) is 19.2. The van der Waals surface area contributed by atoms with Gasteiger partial charge in [-0.2, -0.15) is 44.6 Å². The normalized spacial score (nSPS) is 14.9. The van der Waals surface area contributed by atoms with Crippen LogP contribution in [0.5, 0.6) is 11.8 Å². The third-order valence-corrected chi connectivity index (χ3v) is 12.3. The number of carboxylic acid groups (broad SMARTS) is 1. The lowest BCUT2D eigenvalue weighted by Gasteiger charge is -2.21. The van der Waals surface area contributed by atoms with Crippen LogP contribution >= 0.6 is 0 Å². The molecule has 0 aliphatic heterocycles. The van der Waals surface area contributed by atoms with Crippen LogP contribution in [0.2, 0.25) is 0 Å². The van der Waals surface area contributed by atoms with Crippen molar-refractivity contribution in [3.05, 3.63) is 121 Å². The highest BCUT2D eigenvalue weighted by molar-refractivity contribution is 6.05. The Kier molecular flexibility index (Phi) is 20.7. The van der Waals surface area contributed by atoms with Crippen molar-refractivity contribution in [2.75, 3.05) is 53.5 Å². The number of alkyl halides is 9. The molecule has 7 aromatic heterocycles. The van der Waals surface area contributed by atoms with Gasteiger partial charge in [0, 0.05) is 40.6 Å². The molecule has 0 atom stereocenters. The molecule has 3 fully saturated rings. The maximum Gasteiger partial charge on any atom is 0.412 e. The molecule has 0 radical (unpaired) electrons. The molecule has 0 unspecified atom stereocenters. The first-order valence-electron chi connectivity index (χ1n) is 25.2. The molecule has 7 N–H and O–H groups in total. The number of carbonyl (C=O) groups excluding carboxylic acids is 2. The second kappa shape index (κ2) is 27.2. The largest absolute Gasteiger partial charge is 0.480 e. The van der Waals surface area contributed by atoms with Crippen molar-refractivity contribution in [2.45, 2.75) is 73.7 Å². The summed E-state index contributed by atoms with van der Waals surface area (Å²) in [6, 6.07) is 20.5. The molecule has 0 bridgehead atoms. The smallest absolute Gasteiger partial charge is 0.412 e. The highest BCUT2D eigenvalue weighted by Crippen LogP contribution is 2.57. The van der Waals surface area contributed by atoms with Crippen molar-refractivity contribution >= 4 is 47.9 Å². The fourth-order valence-electron chi connectivity index (χ4n) is 7.31. The molecule has 3 aliphatic carbocycles. The van der Waals surface area contributed by atoms with E-state index in [-0.39, 0.29) is 108 Å². The van der Waals surface area contributed by atoms with Crippen LogP contribution < -0.4 is 31.7 Å². The standard InChI is InChI=1S/C18H15F3N6O2.C12H18N6O.C11H10F3N5.C7H7NO3.C4H6F3N/c1-29-16-11(4-3-9-22-16)15(28)25-13-6-2-5-12(24-13)14-26-23-10-27(14)17(7-8-17)18(19,20)21;1-17(2)8-13-11-7-5-6-10(15-11)12(19)16-14-9-18(3)4;12-11(13,14)10(4-5-10)19-6-16-18-9(19)7-2-1-3-8(15)17-7;1-11-6-5(7(9)10)3-2-4-8-6;5-4(6,7)3(8)1-2-3/h2-6,9-10H,7-8H2,1H3,(H,24,25,28);5-9H,1-4H3,(H,16,19);1-3,6H,4-5H2,(H2,15,17);2-4H,1H3,(H,9,10);1-2,8H2/b;13-8?,14-9+;;;. The maximum absolute atomic E-state index is 13.5. The number of carboxylic acids is 1. The summed E-state index contributed by atoms with van der Waals surface area (Å²) in [4.78, 5) is 62.3. The molecular weight excluding hydrogens is 1160 g/mol. The summed E-state index contributed by atoms with van der Waals surface area (Å²) in [5, 5.41) is 29.7. The summed E-state index contributed by atoms with van der Waals surface area (Å²) in [7, 11) is 10.1. The van der Waals surface area contributed by atoms with Gasteiger partial charge in [-0.1, -0.05) is 18.2 Å². The highest BCUT2D eigenvalue weighted by atomic mass is 19.4. The van der Waals surface area contributed by atoms with Crippen molar-refractivity contribution in [1.82, 2.24) is 69.7 Å². The quantitative estimate of drug-likeness (QED) is 0.0307. The molecule has 0 saturated heterocycles. The molecule has 25 nitrogen and oxygen atoms in total. The van der Waals surface area contributed by atoms with Gasteiger partial charge in [0.25, 0.3) is 11.8 Å². The van der Waals surface area contributed by atoms with Gasteiger partial charge in [0.2, 0.25) is 11.8 Å². The van der Waals surface area contributed by atoms with Gasteiger partial charge in [0.1, 0.15) is 75.5 Å². The number of aliphatic imine (C=N–C) groups is 1. The maximum atomic E-state index is 13.5. The topological polar surface area (TPSA) is 323 Å². The number of carbonyl (C=O) groups is 3. The van der Waals surface area contributed by atoms with Gasteiger partial charge in [0.05, 0.1) is 20.6 Å². The minimum atomic E-state index is -4.42. The number of nitrogens with two attached hydrogens (primary N) is 2. The molecule has 2 amide bonds. The summed E-state index contributed by atoms with van der Waals surface area (Å²) in [5.74, 6) is -0.740. The Morgan fingerprint density at radius 3 is 1.58 bits per heavy atom. The number of nitrogens with one attached hydrogen (secondary N) is 2. The monoisotopic (exact) mass is 1210 g/mol. The first-order valence-corrected chi connectivity index (χ1v) is 25.2. The number of rotatable bonds is 14. The zero-order chi connectivity index (χ0) is 63.3. The van der Waals surface area contributed by atoms with Crippen LogP contribution in [0.3, 0.4) is 0 Å². The fraction of sp³-hybridized carbons (Fsp3) is 0.346. The zero-order valence-corrected chi connectivity index (χ0v) is 46.5. The van der Waals surface area contributed by atoms with Gasteiger partial charge in [-0.25, -0.2) is 40.1 Å². The molecule has 0 aromatic carbocycles. The molecule has 86 heavy (non-hydrogen) atoms. The Morgan fingerprint density at radius 1 is 0.640 bits per heavy atom. The predicted molar refractivity (Wildman–Crippen MR) is 292 cm³/mol. The van der Waals surface area contributed by atoms with Gasteiger partial charge in [-0.15, -0.1) is 20.4 Å². The van der Waals surface area contributed by atoms with Crippen molar-refractivity contribution in [3.63, 3.8) is 0 Å². The Morgan fingerprint density at radius 2 is 1.14 bits per heavy atom. The van der Waals surface area contributed by atoms with Crippen molar-refractivity contribution in [1.29, 1.82) is 0 Å². The summed E-state index contributed by atoms with van der Waals surface area (Å²) < 4.78 is 126. The number of nitrogens with zero attached hydrogens (tertiary/aromatic N) is 15. The first-order chi connectivity index (χ1) is 40.5. The van der Waals surface area contributed by atoms with E-state index < -0.39 is 47.0 Å². The fourth-order valence-corrected chi connectivity index (χ4v) is 7.31. The number of hydrazone groups is 1. The van der Waals surface area contributed by atoms with Crippen LogP contribution in [0.4, 0.5) is 57.0 Å². The summed E-state index contributed by atoms with van der Waals surface area (Å²) in [6.07, 6.45) is -4.53. The third kappa shape index (κ3) is 16.5. The van der Waals surface area contributed by atoms with E-state index in [1.165, 1.54) is 57.2 Å². The van der Waals surface area contributed by atoms with Gasteiger partial charge in [-0.3, -0.25) is 18.7 Å². The number of pyridine rings is 5. The number of methoxy groups -OCH3 is 2. The van der Waals surface area contributed by atoms with Gasteiger partial charge >= 0.3 is 24.5 Å². The van der Waals surface area contributed by atoms with Gasteiger partial charge in [0.15, 0.2) is 17.5 Å². The minimum absolute atomic E-state index is 0.0186. The SMILES string of the molecule is CN(C)C=Nc1cccc(C(=O)N/N=C/N(C)C)n1.COc1ncccc1C(=O)Nc1cccc(-c2nncn2C2(C(F)(F)F)CC2)n1.COc1ncccc1C(=O)O.NC1(C(F)(F)F)CC1.Nc1cccc(-c2nncn2C2(C(F)(F)F)CC2)n1. The molecule has 0 spiro atoms. The Labute approximate surface area is 483 Å². The number of aromatic carboxylic acids is 1. The van der Waals surface area contributed by atoms with Crippen LogP contribution in [0.1, 0.15) is 69.7 Å². The number of nitrogen functional groups attached to an aromatic ring is 1. The molecule has 34 heteroatoms. The molecule has 7 heterocycles. The molecule has 10 rings (SSSR count). The molecule has 7 aromatic rings. The van der Waals surface area contributed by atoms with Crippen LogP contribution in [-0.2, 0) is 11.1 Å². The van der Waals surface area contributed by atoms with Gasteiger partial charge in [-0.05, 0) is 99.2 Å². The number of amides is 2. The number of hydrogen-bond donors (Lipinski definition) is 5. The van der Waals surface area contributed by atoms with E-state index in [9.17, 15) is 53.9 Å². The second-order valence-corrected chi connectivity index (χ2v) is 19.2. The van der Waals surface area contributed by atoms with E-state index in [1.54, 1.807) is 70.7 Å². The minimum Gasteiger partial charge on any atom is -0.480 e. The van der Waals surface area contributed by atoms with Gasteiger partial charge < -0.3 is 41.2 Å². The molecule has 458 valence electrons. The van der Waals surface area contributed by atoms with E-state index in [1.807, 2.05) is 28.2 Å². The summed E-state index contributed by atoms with van der Waals surface area (Å²) >= 11 is 0. The van der Waals surface area contributed by atoms with E-state index in [0.29, 0.717) is 5.82 Å². The van der Waals surface area contributed by atoms with Crippen molar-refractivity contribution in [2.24, 2.45) is 15.8 Å². The van der Waals surface area contributed by atoms with E-state index in [4.69, 9.17) is 26.0 Å². The number of aromatic nitrogens is 11. The van der Waals surface area contributed by atoms with Crippen LogP contribution in [0, 0.1) is 0 Å². The Bertz CT molecular complexity index is 3500. The van der Waals surface area contributed by atoms with Crippen LogP contribution in [-0.4, -0.2) is 166 Å². The van der Waals surface area contributed by atoms with Crippen molar-refractivity contribution in [3.8, 4) is 34.8 Å². The molecule has 3 saturated carbocycles. The predicted octanol–water partition coefficient (Wildman–Crippen LogP) is 7.39. The molecular formula is C52H56F9N19O6. The van der Waals surface area contributed by atoms with Crippen molar-refractivity contribution < 1.29 is 68.5 Å². The van der Waals surface area contributed by atoms with E-state index in [0.717, 1.165) is 21.8 Å². The summed E-state index contributed by atoms with van der Waals surface area (Å²) in [6.45, 7) is 0. The number of halogens is 9. The average Bonchev–Trinajstić information content (AvgIpc) is 1.73. The van der Waals surface area contributed by atoms with E-state index in [2.05, 4.69) is 66.2 Å². The average molecular weight is 1210 g/mol. The van der Waals surface area contributed by atoms with E-state index >= 15 is 0 Å². The Balaban J connectivity index is 0.000000183. The first kappa shape index (κ1) is 65.3. The number of hydrogen-bond acceptors (Lipinski definition) is 18. The number of anilines is 2. The third-order valence-electron chi connectivity index (χ3n) is 12.3. The zero-order valence-electron chi connectivity index (χ0n) is 46.5. The number of ether oxygens (including phenoxy) is 2. The van der Waals surface area contributed by atoms with Crippen LogP contribution in [0.15, 0.2) is 114 Å². The highest BCUT2D eigenvalue weighted by Gasteiger charge is 2.67. The summed E-state index contributed by atoms with van der Waals surface area (Å²) in [5.41, 5.74) is 8.00. The lowest BCUT2D eigenvalue weighted by molar-refractivity contribution is -0.180.